The zero-order valence-electron chi connectivity index (χ0n) is 17.3. The van der Waals surface area contributed by atoms with E-state index < -0.39 is 0 Å². The fourth-order valence-electron chi connectivity index (χ4n) is 3.62. The van der Waals surface area contributed by atoms with Crippen molar-refractivity contribution in [2.24, 2.45) is 0 Å². The van der Waals surface area contributed by atoms with Gasteiger partial charge in [0.2, 0.25) is 0 Å². The number of aromatic amines is 1. The molecule has 0 aliphatic heterocycles. The highest BCUT2D eigenvalue weighted by molar-refractivity contribution is 5.92. The predicted octanol–water partition coefficient (Wildman–Crippen LogP) is 3.30. The van der Waals surface area contributed by atoms with Crippen LogP contribution < -0.4 is 5.32 Å². The first-order chi connectivity index (χ1) is 15.0. The number of carbonyl (C=O) groups is 1. The van der Waals surface area contributed by atoms with Crippen molar-refractivity contribution >= 4 is 27.8 Å². The van der Waals surface area contributed by atoms with Crippen molar-refractivity contribution in [3.05, 3.63) is 83.1 Å². The molecule has 5 rings (SSSR count). The molecule has 0 fully saturated rings. The van der Waals surface area contributed by atoms with Crippen molar-refractivity contribution in [2.75, 3.05) is 0 Å². The number of hydrogen-bond acceptors (Lipinski definition) is 5. The molecule has 4 heterocycles. The van der Waals surface area contributed by atoms with E-state index in [0.29, 0.717) is 13.1 Å². The highest BCUT2D eigenvalue weighted by atomic mass is 16.2. The number of fused-ring (bicyclic) bond motifs is 2. The van der Waals surface area contributed by atoms with Crippen LogP contribution in [0.5, 0.6) is 0 Å². The van der Waals surface area contributed by atoms with Crippen LogP contribution in [0.25, 0.3) is 21.9 Å². The maximum atomic E-state index is 12.6. The third kappa shape index (κ3) is 3.87. The number of rotatable bonds is 5. The number of benzene rings is 1. The van der Waals surface area contributed by atoms with Crippen LogP contribution in [-0.2, 0) is 13.1 Å². The minimum Gasteiger partial charge on any atom is -0.346 e. The molecule has 5 aromatic rings. The number of aromatic nitrogens is 6. The number of nitrogens with one attached hydrogen (secondary N) is 2. The monoisotopic (exact) mass is 411 g/mol. The molecular formula is C23H21N7O. The Labute approximate surface area is 178 Å². The molecule has 0 spiro atoms. The fourth-order valence-corrected chi connectivity index (χ4v) is 3.62. The average Bonchev–Trinajstić information content (AvgIpc) is 3.39. The van der Waals surface area contributed by atoms with Crippen LogP contribution in [0.1, 0.15) is 32.9 Å². The molecule has 0 atom stereocenters. The lowest BCUT2D eigenvalue weighted by Crippen LogP contribution is -2.23. The van der Waals surface area contributed by atoms with E-state index in [2.05, 4.69) is 48.8 Å². The van der Waals surface area contributed by atoms with Crippen molar-refractivity contribution in [3.8, 4) is 0 Å². The van der Waals surface area contributed by atoms with Crippen LogP contribution in [0, 0.1) is 13.8 Å². The molecule has 31 heavy (non-hydrogen) atoms. The SMILES string of the molecule is Cc1cnc2[nH]cc(CNC(=O)c3cn(Cc4ccc5nc(C)ccc5c4)nn3)c2c1. The third-order valence-corrected chi connectivity index (χ3v) is 5.20. The summed E-state index contributed by atoms with van der Waals surface area (Å²) < 4.78 is 1.66. The number of hydrogen-bond donors (Lipinski definition) is 2. The van der Waals surface area contributed by atoms with Crippen LogP contribution in [0.3, 0.4) is 0 Å². The van der Waals surface area contributed by atoms with Crippen molar-refractivity contribution in [1.29, 1.82) is 0 Å². The average molecular weight is 411 g/mol. The number of pyridine rings is 2. The summed E-state index contributed by atoms with van der Waals surface area (Å²) in [6.07, 6.45) is 5.34. The van der Waals surface area contributed by atoms with E-state index in [1.165, 1.54) is 0 Å². The zero-order valence-corrected chi connectivity index (χ0v) is 17.3. The van der Waals surface area contributed by atoms with Crippen LogP contribution >= 0.6 is 0 Å². The van der Waals surface area contributed by atoms with Crippen LogP contribution in [0.4, 0.5) is 0 Å². The largest absolute Gasteiger partial charge is 0.346 e. The lowest BCUT2D eigenvalue weighted by atomic mass is 10.1. The number of carbonyl (C=O) groups excluding carboxylic acids is 1. The normalized spacial score (nSPS) is 11.3. The molecule has 154 valence electrons. The Balaban J connectivity index is 1.27. The first-order valence-electron chi connectivity index (χ1n) is 10.0. The molecule has 0 radical (unpaired) electrons. The van der Waals surface area contributed by atoms with Gasteiger partial charge in [0.15, 0.2) is 5.69 Å². The molecule has 4 aromatic heterocycles. The van der Waals surface area contributed by atoms with Gasteiger partial charge in [0.1, 0.15) is 5.65 Å². The lowest BCUT2D eigenvalue weighted by molar-refractivity contribution is 0.0946. The Bertz CT molecular complexity index is 1420. The van der Waals surface area contributed by atoms with E-state index in [9.17, 15) is 4.79 Å². The van der Waals surface area contributed by atoms with E-state index in [4.69, 9.17) is 0 Å². The summed E-state index contributed by atoms with van der Waals surface area (Å²) in [6, 6.07) is 12.2. The van der Waals surface area contributed by atoms with Gasteiger partial charge in [-0.25, -0.2) is 9.67 Å². The quantitative estimate of drug-likeness (QED) is 0.462. The van der Waals surface area contributed by atoms with E-state index in [1.54, 1.807) is 10.9 Å². The van der Waals surface area contributed by atoms with Gasteiger partial charge >= 0.3 is 0 Å². The van der Waals surface area contributed by atoms with Crippen LogP contribution in [0.15, 0.2) is 55.0 Å². The van der Waals surface area contributed by atoms with Gasteiger partial charge in [0.25, 0.3) is 5.91 Å². The summed E-state index contributed by atoms with van der Waals surface area (Å²) in [5, 5.41) is 13.1. The van der Waals surface area contributed by atoms with Gasteiger partial charge in [-0.1, -0.05) is 17.3 Å². The summed E-state index contributed by atoms with van der Waals surface area (Å²) in [7, 11) is 0. The maximum Gasteiger partial charge on any atom is 0.273 e. The Morgan fingerprint density at radius 3 is 2.97 bits per heavy atom. The lowest BCUT2D eigenvalue weighted by Gasteiger charge is -2.04. The number of H-pyrrole nitrogens is 1. The van der Waals surface area contributed by atoms with E-state index in [0.717, 1.165) is 44.3 Å². The Hall–Kier alpha value is -4.07. The molecule has 8 heteroatoms. The van der Waals surface area contributed by atoms with Crippen molar-refractivity contribution in [2.45, 2.75) is 26.9 Å². The minimum absolute atomic E-state index is 0.264. The second-order valence-corrected chi connectivity index (χ2v) is 7.69. The highest BCUT2D eigenvalue weighted by Gasteiger charge is 2.13. The Kier molecular flexibility index (Phi) is 4.66. The number of nitrogens with zero attached hydrogens (tertiary/aromatic N) is 5. The van der Waals surface area contributed by atoms with Gasteiger partial charge in [0, 0.05) is 35.4 Å². The standard InChI is InChI=1S/C23H21N7O/c1-14-7-19-18(10-25-22(19)24-9-14)11-26-23(31)21-13-30(29-28-21)12-16-4-6-20-17(8-16)5-3-15(2)27-20/h3-10,13H,11-12H2,1-2H3,(H,24,25)(H,26,31). The fraction of sp³-hybridized carbons (Fsp3) is 0.174. The Morgan fingerprint density at radius 1 is 1.16 bits per heavy atom. The van der Waals surface area contributed by atoms with Gasteiger partial charge in [-0.05, 0) is 54.8 Å². The molecule has 0 aliphatic rings. The Morgan fingerprint density at radius 2 is 2.06 bits per heavy atom. The topological polar surface area (TPSA) is 101 Å². The van der Waals surface area contributed by atoms with E-state index >= 15 is 0 Å². The van der Waals surface area contributed by atoms with Gasteiger partial charge in [0.05, 0.1) is 18.3 Å². The summed E-state index contributed by atoms with van der Waals surface area (Å²) in [4.78, 5) is 24.6. The van der Waals surface area contributed by atoms with E-state index in [1.807, 2.05) is 44.4 Å². The van der Waals surface area contributed by atoms with Crippen molar-refractivity contribution in [1.82, 2.24) is 35.3 Å². The zero-order chi connectivity index (χ0) is 21.4. The molecular weight excluding hydrogens is 390 g/mol. The van der Waals surface area contributed by atoms with Crippen LogP contribution in [0.2, 0.25) is 0 Å². The van der Waals surface area contributed by atoms with Crippen molar-refractivity contribution in [3.63, 3.8) is 0 Å². The highest BCUT2D eigenvalue weighted by Crippen LogP contribution is 2.18. The molecule has 1 amide bonds. The second-order valence-electron chi connectivity index (χ2n) is 7.69. The summed E-state index contributed by atoms with van der Waals surface area (Å²) in [6.45, 7) is 4.88. The third-order valence-electron chi connectivity index (χ3n) is 5.20. The molecule has 0 aliphatic carbocycles. The van der Waals surface area contributed by atoms with E-state index in [-0.39, 0.29) is 11.6 Å². The maximum absolute atomic E-state index is 12.6. The predicted molar refractivity (Wildman–Crippen MR) is 118 cm³/mol. The smallest absolute Gasteiger partial charge is 0.273 e. The minimum atomic E-state index is -0.264. The summed E-state index contributed by atoms with van der Waals surface area (Å²) in [5.41, 5.74) is 6.16. The molecule has 0 unspecified atom stereocenters. The van der Waals surface area contributed by atoms with Gasteiger partial charge in [-0.15, -0.1) is 5.10 Å². The number of amides is 1. The molecule has 1 aromatic carbocycles. The van der Waals surface area contributed by atoms with Gasteiger partial charge < -0.3 is 10.3 Å². The molecule has 0 saturated carbocycles. The van der Waals surface area contributed by atoms with Gasteiger partial charge in [-0.2, -0.15) is 0 Å². The van der Waals surface area contributed by atoms with Crippen LogP contribution in [-0.4, -0.2) is 35.9 Å². The molecule has 0 saturated heterocycles. The molecule has 8 nitrogen and oxygen atoms in total. The van der Waals surface area contributed by atoms with Gasteiger partial charge in [-0.3, -0.25) is 9.78 Å². The van der Waals surface area contributed by atoms with Crippen molar-refractivity contribution < 1.29 is 4.79 Å². The summed E-state index contributed by atoms with van der Waals surface area (Å²) in [5.74, 6) is -0.264. The first-order valence-corrected chi connectivity index (χ1v) is 10.0. The molecule has 2 N–H and O–H groups in total. The molecule has 0 bridgehead atoms. The summed E-state index contributed by atoms with van der Waals surface area (Å²) >= 11 is 0. The second kappa shape index (κ2) is 7.64. The number of aryl methyl sites for hydroxylation is 2. The first kappa shape index (κ1) is 18.9.